The van der Waals surface area contributed by atoms with Gasteiger partial charge in [0.25, 0.3) is 0 Å². The minimum Gasteiger partial charge on any atom is -0.496 e. The molecule has 0 amide bonds. The van der Waals surface area contributed by atoms with E-state index in [9.17, 15) is 9.90 Å². The highest BCUT2D eigenvalue weighted by molar-refractivity contribution is 5.81. The summed E-state index contributed by atoms with van der Waals surface area (Å²) in [6.45, 7) is 3.44. The molecule has 1 heterocycles. The standard InChI is InChI=1S/C14H19NO3/c1-10-9-11(3-4-12(10)18-2)14(13(16)17)5-7-15-8-6-14/h3-4,9,15H,5-8H2,1-2H3,(H,16,17). The SMILES string of the molecule is COc1ccc(C2(C(=O)O)CCNCC2)cc1C. The maximum Gasteiger partial charge on any atom is 0.314 e. The van der Waals surface area contributed by atoms with Gasteiger partial charge in [0.1, 0.15) is 5.75 Å². The molecule has 0 saturated carbocycles. The molecule has 1 fully saturated rings. The molecular formula is C14H19NO3. The van der Waals surface area contributed by atoms with Crippen molar-refractivity contribution in [2.45, 2.75) is 25.2 Å². The highest BCUT2D eigenvalue weighted by Crippen LogP contribution is 2.35. The maximum absolute atomic E-state index is 11.7. The van der Waals surface area contributed by atoms with E-state index in [-0.39, 0.29) is 0 Å². The van der Waals surface area contributed by atoms with E-state index in [1.807, 2.05) is 25.1 Å². The Bertz CT molecular complexity index is 450. The number of piperidine rings is 1. The van der Waals surface area contributed by atoms with Gasteiger partial charge in [-0.2, -0.15) is 0 Å². The summed E-state index contributed by atoms with van der Waals surface area (Å²) in [6.07, 6.45) is 1.27. The van der Waals surface area contributed by atoms with Crippen LogP contribution in [0, 0.1) is 6.92 Å². The lowest BCUT2D eigenvalue weighted by Gasteiger charge is -2.34. The van der Waals surface area contributed by atoms with E-state index < -0.39 is 11.4 Å². The second-order valence-electron chi connectivity index (χ2n) is 4.82. The third-order valence-corrected chi connectivity index (χ3v) is 3.81. The maximum atomic E-state index is 11.7. The Morgan fingerprint density at radius 1 is 1.39 bits per heavy atom. The molecule has 98 valence electrons. The van der Waals surface area contributed by atoms with Crippen molar-refractivity contribution in [1.29, 1.82) is 0 Å². The van der Waals surface area contributed by atoms with Crippen molar-refractivity contribution in [2.75, 3.05) is 20.2 Å². The molecule has 2 N–H and O–H groups in total. The number of nitrogens with one attached hydrogen (secondary N) is 1. The van der Waals surface area contributed by atoms with Crippen molar-refractivity contribution < 1.29 is 14.6 Å². The van der Waals surface area contributed by atoms with Crippen molar-refractivity contribution >= 4 is 5.97 Å². The van der Waals surface area contributed by atoms with Gasteiger partial charge in [0.05, 0.1) is 12.5 Å². The summed E-state index contributed by atoms with van der Waals surface area (Å²) in [5, 5.41) is 12.8. The first-order valence-corrected chi connectivity index (χ1v) is 6.19. The van der Waals surface area contributed by atoms with Crippen LogP contribution in [0.3, 0.4) is 0 Å². The van der Waals surface area contributed by atoms with Gasteiger partial charge >= 0.3 is 5.97 Å². The zero-order chi connectivity index (χ0) is 13.2. The largest absolute Gasteiger partial charge is 0.496 e. The number of hydrogen-bond acceptors (Lipinski definition) is 3. The van der Waals surface area contributed by atoms with Crippen LogP contribution >= 0.6 is 0 Å². The van der Waals surface area contributed by atoms with Gasteiger partial charge in [-0.05, 0) is 50.0 Å². The van der Waals surface area contributed by atoms with E-state index >= 15 is 0 Å². The summed E-state index contributed by atoms with van der Waals surface area (Å²) in [6, 6.07) is 5.68. The summed E-state index contributed by atoms with van der Waals surface area (Å²) >= 11 is 0. The van der Waals surface area contributed by atoms with Crippen molar-refractivity contribution in [2.24, 2.45) is 0 Å². The average Bonchev–Trinajstić information content (AvgIpc) is 2.39. The van der Waals surface area contributed by atoms with Crippen molar-refractivity contribution in [3.05, 3.63) is 29.3 Å². The van der Waals surface area contributed by atoms with Crippen LogP contribution in [0.15, 0.2) is 18.2 Å². The number of carboxylic acid groups (broad SMARTS) is 1. The predicted octanol–water partition coefficient (Wildman–Crippen LogP) is 1.71. The highest BCUT2D eigenvalue weighted by Gasteiger charge is 2.41. The van der Waals surface area contributed by atoms with Gasteiger partial charge in [-0.25, -0.2) is 0 Å². The number of rotatable bonds is 3. The third kappa shape index (κ3) is 2.08. The molecule has 0 atom stereocenters. The topological polar surface area (TPSA) is 58.6 Å². The number of aliphatic carboxylic acids is 1. The minimum absolute atomic E-state index is 0.633. The molecule has 0 spiro atoms. The zero-order valence-corrected chi connectivity index (χ0v) is 10.8. The number of carboxylic acids is 1. The van der Waals surface area contributed by atoms with Crippen LogP contribution in [-0.4, -0.2) is 31.3 Å². The predicted molar refractivity (Wildman–Crippen MR) is 69.1 cm³/mol. The Morgan fingerprint density at radius 3 is 2.56 bits per heavy atom. The number of ether oxygens (including phenoxy) is 1. The van der Waals surface area contributed by atoms with Gasteiger partial charge in [-0.3, -0.25) is 4.79 Å². The van der Waals surface area contributed by atoms with Gasteiger partial charge in [0.15, 0.2) is 0 Å². The average molecular weight is 249 g/mol. The monoisotopic (exact) mass is 249 g/mol. The molecule has 1 aliphatic heterocycles. The number of methoxy groups -OCH3 is 1. The van der Waals surface area contributed by atoms with Gasteiger partial charge in [0.2, 0.25) is 0 Å². The van der Waals surface area contributed by atoms with Crippen LogP contribution in [0.2, 0.25) is 0 Å². The summed E-state index contributed by atoms with van der Waals surface area (Å²) in [5.41, 5.74) is 1.12. The first-order chi connectivity index (χ1) is 8.60. The second kappa shape index (κ2) is 4.98. The minimum atomic E-state index is -0.748. The zero-order valence-electron chi connectivity index (χ0n) is 10.8. The Balaban J connectivity index is 2.43. The van der Waals surface area contributed by atoms with Crippen LogP contribution in [-0.2, 0) is 10.2 Å². The number of aryl methyl sites for hydroxylation is 1. The third-order valence-electron chi connectivity index (χ3n) is 3.81. The van der Waals surface area contributed by atoms with Crippen LogP contribution in [0.4, 0.5) is 0 Å². The quantitative estimate of drug-likeness (QED) is 0.856. The summed E-state index contributed by atoms with van der Waals surface area (Å²) in [4.78, 5) is 11.7. The fourth-order valence-corrected chi connectivity index (χ4v) is 2.66. The molecular weight excluding hydrogens is 230 g/mol. The Morgan fingerprint density at radius 2 is 2.06 bits per heavy atom. The molecule has 0 bridgehead atoms. The summed E-state index contributed by atoms with van der Waals surface area (Å²) in [7, 11) is 1.62. The van der Waals surface area contributed by atoms with Crippen LogP contribution in [0.5, 0.6) is 5.75 Å². The normalized spacial score (nSPS) is 18.3. The highest BCUT2D eigenvalue weighted by atomic mass is 16.5. The van der Waals surface area contributed by atoms with E-state index in [0.717, 1.165) is 30.0 Å². The van der Waals surface area contributed by atoms with Crippen molar-refractivity contribution in [1.82, 2.24) is 5.32 Å². The number of carbonyl (C=O) groups is 1. The lowest BCUT2D eigenvalue weighted by molar-refractivity contribution is -0.145. The molecule has 18 heavy (non-hydrogen) atoms. The van der Waals surface area contributed by atoms with Crippen molar-refractivity contribution in [3.63, 3.8) is 0 Å². The molecule has 0 aliphatic carbocycles. The lowest BCUT2D eigenvalue weighted by atomic mass is 9.73. The van der Waals surface area contributed by atoms with E-state index in [1.165, 1.54) is 0 Å². The van der Waals surface area contributed by atoms with Gasteiger partial charge in [-0.15, -0.1) is 0 Å². The molecule has 1 saturated heterocycles. The van der Waals surface area contributed by atoms with Crippen LogP contribution in [0.25, 0.3) is 0 Å². The fraction of sp³-hybridized carbons (Fsp3) is 0.500. The first kappa shape index (κ1) is 12.9. The second-order valence-corrected chi connectivity index (χ2v) is 4.82. The molecule has 4 heteroatoms. The number of hydrogen-bond donors (Lipinski definition) is 2. The fourth-order valence-electron chi connectivity index (χ4n) is 2.66. The number of benzene rings is 1. The molecule has 1 aromatic carbocycles. The Labute approximate surface area is 107 Å². The summed E-state index contributed by atoms with van der Waals surface area (Å²) < 4.78 is 5.22. The Hall–Kier alpha value is -1.55. The molecule has 1 aliphatic rings. The van der Waals surface area contributed by atoms with Gasteiger partial charge in [-0.1, -0.05) is 12.1 Å². The van der Waals surface area contributed by atoms with E-state index in [4.69, 9.17) is 4.74 Å². The first-order valence-electron chi connectivity index (χ1n) is 6.19. The van der Waals surface area contributed by atoms with Crippen molar-refractivity contribution in [3.8, 4) is 5.75 Å². The van der Waals surface area contributed by atoms with E-state index in [1.54, 1.807) is 7.11 Å². The molecule has 2 rings (SSSR count). The van der Waals surface area contributed by atoms with Crippen LogP contribution < -0.4 is 10.1 Å². The Kier molecular flexibility index (Phi) is 3.57. The molecule has 0 unspecified atom stereocenters. The smallest absolute Gasteiger partial charge is 0.314 e. The van der Waals surface area contributed by atoms with Gasteiger partial charge < -0.3 is 15.2 Å². The van der Waals surface area contributed by atoms with E-state index in [2.05, 4.69) is 5.32 Å². The lowest BCUT2D eigenvalue weighted by Crippen LogP contribution is -2.45. The molecule has 4 nitrogen and oxygen atoms in total. The molecule has 0 aromatic heterocycles. The van der Waals surface area contributed by atoms with Gasteiger partial charge in [0, 0.05) is 0 Å². The molecule has 0 radical (unpaired) electrons. The van der Waals surface area contributed by atoms with Crippen LogP contribution in [0.1, 0.15) is 24.0 Å². The summed E-state index contributed by atoms with van der Waals surface area (Å²) in [5.74, 6) is 0.0711. The van der Waals surface area contributed by atoms with E-state index in [0.29, 0.717) is 12.8 Å². The molecule has 1 aromatic rings.